The van der Waals surface area contributed by atoms with E-state index in [1.165, 1.54) is 12.1 Å². The van der Waals surface area contributed by atoms with Gasteiger partial charge in [-0.2, -0.15) is 0 Å². The van der Waals surface area contributed by atoms with Crippen LogP contribution in [0.1, 0.15) is 4.88 Å². The molecule has 0 aliphatic heterocycles. The number of nitrogens with two attached hydrogens (primary N) is 1. The van der Waals surface area contributed by atoms with Crippen molar-refractivity contribution in [3.63, 3.8) is 0 Å². The number of rotatable bonds is 5. The molecule has 0 aliphatic rings. The van der Waals surface area contributed by atoms with Crippen molar-refractivity contribution in [2.75, 3.05) is 7.05 Å². The smallest absolute Gasteiger partial charge is 0.353 e. The molecule has 0 saturated carbocycles. The lowest BCUT2D eigenvalue weighted by atomic mass is 10.3. The first-order chi connectivity index (χ1) is 13.7. The van der Waals surface area contributed by atoms with Gasteiger partial charge >= 0.3 is 5.97 Å². The van der Waals surface area contributed by atoms with E-state index in [9.17, 15) is 19.3 Å². The van der Waals surface area contributed by atoms with Crippen molar-refractivity contribution < 1.29 is 19.2 Å². The molecular formula is C18H18FN4O4PS. The van der Waals surface area contributed by atoms with E-state index < -0.39 is 16.7 Å². The number of nitro groups is 1. The second kappa shape index (κ2) is 9.90. The average molecular weight is 436 g/mol. The van der Waals surface area contributed by atoms with Crippen molar-refractivity contribution >= 4 is 47.8 Å². The number of benzene rings is 1. The third-order valence-corrected chi connectivity index (χ3v) is 5.26. The molecular weight excluding hydrogens is 418 g/mol. The summed E-state index contributed by atoms with van der Waals surface area (Å²) in [5.74, 6) is -1.61. The molecule has 2 aromatic heterocycles. The van der Waals surface area contributed by atoms with Gasteiger partial charge in [-0.15, -0.1) is 20.6 Å². The van der Waals surface area contributed by atoms with Crippen LogP contribution < -0.4 is 11.0 Å². The number of pyridine rings is 1. The van der Waals surface area contributed by atoms with Crippen LogP contribution >= 0.6 is 20.6 Å². The fraction of sp³-hybridized carbons (Fsp3) is 0.111. The number of nitrogens with zero attached hydrogens (tertiary/aromatic N) is 3. The van der Waals surface area contributed by atoms with Gasteiger partial charge in [0.15, 0.2) is 0 Å². The molecule has 2 heterocycles. The van der Waals surface area contributed by atoms with Crippen molar-refractivity contribution in [3.8, 4) is 0 Å². The topological polar surface area (TPSA) is 123 Å². The van der Waals surface area contributed by atoms with E-state index in [0.29, 0.717) is 11.8 Å². The lowest BCUT2D eigenvalue weighted by molar-refractivity contribution is -0.385. The highest BCUT2D eigenvalue weighted by molar-refractivity contribution is 7.27. The van der Waals surface area contributed by atoms with E-state index in [1.54, 1.807) is 29.5 Å². The first kappa shape index (κ1) is 22.2. The molecule has 29 heavy (non-hydrogen) atoms. The largest absolute Gasteiger partial charge is 0.477 e. The Morgan fingerprint density at radius 3 is 2.72 bits per heavy atom. The SMILES string of the molecule is CN(Cc1cc2ncccc2s1)/C(=C\N)C(=O)O.O=[N+]([O-])c1ccc(P)c(F)c1. The van der Waals surface area contributed by atoms with Gasteiger partial charge in [0.1, 0.15) is 11.5 Å². The van der Waals surface area contributed by atoms with E-state index in [4.69, 9.17) is 10.8 Å². The zero-order valence-electron chi connectivity index (χ0n) is 15.3. The van der Waals surface area contributed by atoms with Gasteiger partial charge < -0.3 is 15.7 Å². The van der Waals surface area contributed by atoms with Crippen LogP contribution in [0.3, 0.4) is 0 Å². The molecule has 0 fully saturated rings. The highest BCUT2D eigenvalue weighted by atomic mass is 32.1. The summed E-state index contributed by atoms with van der Waals surface area (Å²) in [6, 6.07) is 9.33. The van der Waals surface area contributed by atoms with E-state index in [0.717, 1.165) is 27.4 Å². The van der Waals surface area contributed by atoms with Crippen LogP contribution in [0.15, 0.2) is 54.5 Å². The van der Waals surface area contributed by atoms with Crippen LogP contribution in [0.5, 0.6) is 0 Å². The molecule has 0 radical (unpaired) electrons. The van der Waals surface area contributed by atoms with Crippen LogP contribution in [0.25, 0.3) is 10.2 Å². The lowest BCUT2D eigenvalue weighted by Gasteiger charge is -2.17. The molecule has 3 rings (SSSR count). The third-order valence-electron chi connectivity index (χ3n) is 3.71. The molecule has 152 valence electrons. The molecule has 11 heteroatoms. The summed E-state index contributed by atoms with van der Waals surface area (Å²) in [7, 11) is 3.84. The lowest BCUT2D eigenvalue weighted by Crippen LogP contribution is -2.23. The first-order valence-electron chi connectivity index (χ1n) is 8.12. The van der Waals surface area contributed by atoms with Gasteiger partial charge in [0.25, 0.3) is 5.69 Å². The molecule has 0 amide bonds. The highest BCUT2D eigenvalue weighted by Gasteiger charge is 2.14. The Hall–Kier alpha value is -3.10. The predicted molar refractivity (Wildman–Crippen MR) is 113 cm³/mol. The molecule has 1 atom stereocenters. The van der Waals surface area contributed by atoms with Crippen LogP contribution in [-0.4, -0.2) is 32.9 Å². The number of carbonyl (C=O) groups is 1. The molecule has 3 N–H and O–H groups in total. The Morgan fingerprint density at radius 2 is 2.17 bits per heavy atom. The molecule has 0 spiro atoms. The Bertz CT molecular complexity index is 1040. The monoisotopic (exact) mass is 436 g/mol. The van der Waals surface area contributed by atoms with E-state index in [-0.39, 0.29) is 11.4 Å². The van der Waals surface area contributed by atoms with Gasteiger partial charge in [-0.3, -0.25) is 15.1 Å². The van der Waals surface area contributed by atoms with E-state index in [1.807, 2.05) is 18.2 Å². The van der Waals surface area contributed by atoms with Crippen molar-refractivity contribution in [2.45, 2.75) is 6.54 Å². The number of hydrogen-bond acceptors (Lipinski definition) is 7. The van der Waals surface area contributed by atoms with Gasteiger partial charge in [0.05, 0.1) is 27.8 Å². The van der Waals surface area contributed by atoms with Crippen molar-refractivity contribution in [1.82, 2.24) is 9.88 Å². The maximum Gasteiger partial charge on any atom is 0.353 e. The van der Waals surface area contributed by atoms with Gasteiger partial charge in [-0.25, -0.2) is 9.18 Å². The first-order valence-corrected chi connectivity index (χ1v) is 9.51. The number of halogens is 1. The highest BCUT2D eigenvalue weighted by Crippen LogP contribution is 2.25. The minimum absolute atomic E-state index is 0.0837. The van der Waals surface area contributed by atoms with Crippen molar-refractivity contribution in [3.05, 3.63) is 75.3 Å². The second-order valence-corrected chi connectivity index (χ2v) is 7.57. The van der Waals surface area contributed by atoms with E-state index in [2.05, 4.69) is 14.2 Å². The summed E-state index contributed by atoms with van der Waals surface area (Å²) in [5, 5.41) is 19.4. The van der Waals surface area contributed by atoms with E-state index >= 15 is 0 Å². The van der Waals surface area contributed by atoms with Crippen LogP contribution in [0.2, 0.25) is 0 Å². The predicted octanol–water partition coefficient (Wildman–Crippen LogP) is 2.85. The Morgan fingerprint density at radius 1 is 1.45 bits per heavy atom. The minimum Gasteiger partial charge on any atom is -0.477 e. The van der Waals surface area contributed by atoms with Gasteiger partial charge in [0.2, 0.25) is 0 Å². The molecule has 0 saturated heterocycles. The van der Waals surface area contributed by atoms with Crippen LogP contribution in [0, 0.1) is 15.9 Å². The number of nitro benzene ring substituents is 1. The van der Waals surface area contributed by atoms with Crippen molar-refractivity contribution in [2.24, 2.45) is 5.73 Å². The zero-order valence-corrected chi connectivity index (χ0v) is 17.3. The summed E-state index contributed by atoms with van der Waals surface area (Å²) >= 11 is 1.60. The Kier molecular flexibility index (Phi) is 7.58. The fourth-order valence-electron chi connectivity index (χ4n) is 2.31. The number of fused-ring (bicyclic) bond motifs is 1. The summed E-state index contributed by atoms with van der Waals surface area (Å²) in [6.45, 7) is 0.496. The standard InChI is InChI=1S/C12H13N3O2S.C6H5FNO2P/c1-15(10(6-13)12(16)17)7-8-5-9-11(18-8)3-2-4-14-9;7-5-3-4(8(9)10)1-2-6(5)11/h2-6H,7,13H2,1H3,(H,16,17);1-3H,11H2/b10-6-;. The quantitative estimate of drug-likeness (QED) is 0.273. The number of carboxylic acid groups (broad SMARTS) is 1. The number of likely N-dealkylation sites (N-methyl/N-ethyl adjacent to an activating group) is 1. The van der Waals surface area contributed by atoms with Crippen molar-refractivity contribution in [1.29, 1.82) is 0 Å². The number of carboxylic acids is 1. The molecule has 1 aromatic carbocycles. The van der Waals surface area contributed by atoms with Crippen LogP contribution in [0.4, 0.5) is 10.1 Å². The summed E-state index contributed by atoms with van der Waals surface area (Å²) in [6.07, 6.45) is 2.85. The second-order valence-electron chi connectivity index (χ2n) is 5.78. The molecule has 3 aromatic rings. The number of hydrogen-bond donors (Lipinski definition) is 2. The van der Waals surface area contributed by atoms with Crippen LogP contribution in [-0.2, 0) is 11.3 Å². The van der Waals surface area contributed by atoms with Gasteiger partial charge in [-0.1, -0.05) is 0 Å². The Balaban J connectivity index is 0.000000234. The fourth-order valence-corrected chi connectivity index (χ4v) is 3.56. The maximum absolute atomic E-state index is 12.6. The molecule has 0 aliphatic carbocycles. The average Bonchev–Trinajstić information content (AvgIpc) is 3.06. The summed E-state index contributed by atoms with van der Waals surface area (Å²) in [5.41, 5.74) is 6.10. The minimum atomic E-state index is -1.03. The number of aliphatic carboxylic acids is 1. The molecule has 8 nitrogen and oxygen atoms in total. The molecule has 0 bridgehead atoms. The number of aromatic nitrogens is 1. The number of thiophene rings is 1. The normalized spacial score (nSPS) is 10.9. The maximum atomic E-state index is 12.6. The molecule has 1 unspecified atom stereocenters. The zero-order chi connectivity index (χ0) is 21.6. The summed E-state index contributed by atoms with van der Waals surface area (Å²) in [4.78, 5) is 27.3. The third kappa shape index (κ3) is 5.94. The van der Waals surface area contributed by atoms with Gasteiger partial charge in [0, 0.05) is 35.7 Å². The number of non-ortho nitro benzene ring substituents is 1. The summed E-state index contributed by atoms with van der Waals surface area (Å²) < 4.78 is 13.7. The van der Waals surface area contributed by atoms with Gasteiger partial charge in [-0.05, 0) is 24.3 Å². The Labute approximate surface area is 171 Å².